The van der Waals surface area contributed by atoms with E-state index in [0.29, 0.717) is 29.5 Å². The van der Waals surface area contributed by atoms with Crippen molar-refractivity contribution in [3.8, 4) is 5.75 Å². The highest BCUT2D eigenvalue weighted by Crippen LogP contribution is 2.28. The summed E-state index contributed by atoms with van der Waals surface area (Å²) in [6.07, 6.45) is 0.860. The molecule has 0 aliphatic rings. The van der Waals surface area contributed by atoms with Gasteiger partial charge in [0.25, 0.3) is 15.9 Å². The summed E-state index contributed by atoms with van der Waals surface area (Å²) in [6.45, 7) is 6.56. The molecule has 0 heterocycles. The Balaban J connectivity index is 2.22. The van der Waals surface area contributed by atoms with Gasteiger partial charge in [-0.2, -0.15) is 0 Å². The van der Waals surface area contributed by atoms with Crippen LogP contribution in [0, 0.1) is 12.8 Å². The average molecular weight is 391 g/mol. The molecule has 6 nitrogen and oxygen atoms in total. The summed E-state index contributed by atoms with van der Waals surface area (Å²) in [6, 6.07) is 11.2. The smallest absolute Gasteiger partial charge is 0.262 e. The summed E-state index contributed by atoms with van der Waals surface area (Å²) in [5, 5.41) is 2.81. The molecule has 0 bridgehead atoms. The molecule has 0 unspecified atom stereocenters. The summed E-state index contributed by atoms with van der Waals surface area (Å²) in [7, 11) is -2.39. The molecule has 2 aromatic rings. The van der Waals surface area contributed by atoms with Gasteiger partial charge in [-0.15, -0.1) is 0 Å². The van der Waals surface area contributed by atoms with Gasteiger partial charge in [0, 0.05) is 12.1 Å². The molecule has 0 saturated carbocycles. The van der Waals surface area contributed by atoms with Crippen molar-refractivity contribution in [3.63, 3.8) is 0 Å². The number of benzene rings is 2. The lowest BCUT2D eigenvalue weighted by molar-refractivity contribution is 0.0952. The van der Waals surface area contributed by atoms with Crippen LogP contribution in [0.3, 0.4) is 0 Å². The van der Waals surface area contributed by atoms with Gasteiger partial charge in [0.05, 0.1) is 17.7 Å². The Hall–Kier alpha value is -2.54. The lowest BCUT2D eigenvalue weighted by Crippen LogP contribution is -2.25. The fraction of sp³-hybridized carbons (Fsp3) is 0.350. The molecule has 0 radical (unpaired) electrons. The van der Waals surface area contributed by atoms with Crippen LogP contribution in [0.15, 0.2) is 47.4 Å². The number of rotatable bonds is 8. The van der Waals surface area contributed by atoms with E-state index in [9.17, 15) is 13.2 Å². The third-order valence-corrected chi connectivity index (χ3v) is 5.38. The van der Waals surface area contributed by atoms with E-state index >= 15 is 0 Å². The van der Waals surface area contributed by atoms with Gasteiger partial charge in [0.1, 0.15) is 5.75 Å². The first-order valence-corrected chi connectivity index (χ1v) is 10.3. The number of carbonyl (C=O) groups excluding carboxylic acids is 1. The molecule has 146 valence electrons. The number of ether oxygens (including phenoxy) is 1. The van der Waals surface area contributed by atoms with Crippen molar-refractivity contribution in [3.05, 3.63) is 53.6 Å². The lowest BCUT2D eigenvalue weighted by Gasteiger charge is -2.13. The maximum Gasteiger partial charge on any atom is 0.262 e. The van der Waals surface area contributed by atoms with Crippen LogP contribution >= 0.6 is 0 Å². The second-order valence-electron chi connectivity index (χ2n) is 6.78. The van der Waals surface area contributed by atoms with Gasteiger partial charge in [-0.25, -0.2) is 8.42 Å². The number of methoxy groups -OCH3 is 1. The zero-order valence-electron chi connectivity index (χ0n) is 16.1. The van der Waals surface area contributed by atoms with E-state index in [-0.39, 0.29) is 10.8 Å². The van der Waals surface area contributed by atoms with E-state index in [4.69, 9.17) is 4.74 Å². The minimum absolute atomic E-state index is 0.0163. The van der Waals surface area contributed by atoms with Crippen LogP contribution in [0.2, 0.25) is 0 Å². The van der Waals surface area contributed by atoms with Crippen molar-refractivity contribution < 1.29 is 17.9 Å². The van der Waals surface area contributed by atoms with E-state index in [1.807, 2.05) is 13.0 Å². The first kappa shape index (κ1) is 20.8. The van der Waals surface area contributed by atoms with Gasteiger partial charge in [-0.1, -0.05) is 26.0 Å². The van der Waals surface area contributed by atoms with Gasteiger partial charge in [-0.05, 0) is 55.2 Å². The maximum atomic E-state index is 12.8. The molecule has 0 spiro atoms. The number of aryl methyl sites for hydroxylation is 1. The molecule has 0 aromatic heterocycles. The Bertz CT molecular complexity index is 908. The first-order valence-electron chi connectivity index (χ1n) is 8.78. The van der Waals surface area contributed by atoms with Gasteiger partial charge >= 0.3 is 0 Å². The van der Waals surface area contributed by atoms with Crippen LogP contribution in [-0.2, 0) is 10.0 Å². The van der Waals surface area contributed by atoms with E-state index in [1.165, 1.54) is 19.2 Å². The largest absolute Gasteiger partial charge is 0.495 e. The standard InChI is InChI=1S/C20H26N2O4S/c1-14(2)10-11-21-20(23)16-6-5-7-17(13-16)27(24,25)22-18-12-15(3)8-9-19(18)26-4/h5-9,12-14,22H,10-11H2,1-4H3,(H,21,23). The number of anilines is 1. The van der Waals surface area contributed by atoms with Crippen LogP contribution in [0.5, 0.6) is 5.75 Å². The second kappa shape index (κ2) is 8.90. The highest BCUT2D eigenvalue weighted by Gasteiger charge is 2.18. The predicted octanol–water partition coefficient (Wildman–Crippen LogP) is 3.58. The molecule has 7 heteroatoms. The molecule has 1 amide bonds. The summed E-state index contributed by atoms with van der Waals surface area (Å²) in [5.74, 6) is 0.609. The second-order valence-corrected chi connectivity index (χ2v) is 8.46. The number of sulfonamides is 1. The Morgan fingerprint density at radius 2 is 1.89 bits per heavy atom. The van der Waals surface area contributed by atoms with Crippen molar-refractivity contribution in [2.45, 2.75) is 32.1 Å². The third kappa shape index (κ3) is 5.72. The minimum atomic E-state index is -3.86. The quantitative estimate of drug-likeness (QED) is 0.721. The molecule has 2 N–H and O–H groups in total. The zero-order valence-corrected chi connectivity index (χ0v) is 16.9. The molecular weight excluding hydrogens is 364 g/mol. The minimum Gasteiger partial charge on any atom is -0.495 e. The molecule has 0 atom stereocenters. The molecule has 2 aromatic carbocycles. The van der Waals surface area contributed by atoms with Crippen molar-refractivity contribution in [2.24, 2.45) is 5.92 Å². The fourth-order valence-corrected chi connectivity index (χ4v) is 3.59. The average Bonchev–Trinajstić information content (AvgIpc) is 2.61. The maximum absolute atomic E-state index is 12.8. The summed E-state index contributed by atoms with van der Waals surface area (Å²) in [4.78, 5) is 12.3. The highest BCUT2D eigenvalue weighted by molar-refractivity contribution is 7.92. The first-order chi connectivity index (χ1) is 12.7. The van der Waals surface area contributed by atoms with Crippen molar-refractivity contribution in [2.75, 3.05) is 18.4 Å². The normalized spacial score (nSPS) is 11.3. The molecule has 0 aliphatic carbocycles. The predicted molar refractivity (Wildman–Crippen MR) is 107 cm³/mol. The Morgan fingerprint density at radius 3 is 2.56 bits per heavy atom. The number of hydrogen-bond donors (Lipinski definition) is 2. The van der Waals surface area contributed by atoms with Crippen LogP contribution in [-0.4, -0.2) is 28.0 Å². The van der Waals surface area contributed by atoms with Gasteiger partial charge in [0.2, 0.25) is 0 Å². The molecule has 27 heavy (non-hydrogen) atoms. The van der Waals surface area contributed by atoms with E-state index in [0.717, 1.165) is 12.0 Å². The number of nitrogens with one attached hydrogen (secondary N) is 2. The van der Waals surface area contributed by atoms with E-state index in [2.05, 4.69) is 23.9 Å². The Labute approximate surface area is 161 Å². The van der Waals surface area contributed by atoms with Crippen LogP contribution in [0.25, 0.3) is 0 Å². The highest BCUT2D eigenvalue weighted by atomic mass is 32.2. The number of carbonyl (C=O) groups is 1. The Morgan fingerprint density at radius 1 is 1.15 bits per heavy atom. The lowest BCUT2D eigenvalue weighted by atomic mass is 10.1. The zero-order chi connectivity index (χ0) is 20.0. The van der Waals surface area contributed by atoms with Gasteiger partial charge in [-0.3, -0.25) is 9.52 Å². The molecule has 0 aliphatic heterocycles. The van der Waals surface area contributed by atoms with Crippen molar-refractivity contribution >= 4 is 21.6 Å². The van der Waals surface area contributed by atoms with Crippen LogP contribution in [0.4, 0.5) is 5.69 Å². The van der Waals surface area contributed by atoms with Crippen molar-refractivity contribution in [1.82, 2.24) is 5.32 Å². The Kier molecular flexibility index (Phi) is 6.85. The topological polar surface area (TPSA) is 84.5 Å². The van der Waals surface area contributed by atoms with Crippen LogP contribution in [0.1, 0.15) is 36.2 Å². The summed E-state index contributed by atoms with van der Waals surface area (Å²) < 4.78 is 33.3. The number of amides is 1. The fourth-order valence-electron chi connectivity index (χ4n) is 2.49. The monoisotopic (exact) mass is 390 g/mol. The van der Waals surface area contributed by atoms with Gasteiger partial charge in [0.15, 0.2) is 0 Å². The van der Waals surface area contributed by atoms with E-state index < -0.39 is 10.0 Å². The number of hydrogen-bond acceptors (Lipinski definition) is 4. The third-order valence-electron chi connectivity index (χ3n) is 4.01. The SMILES string of the molecule is COc1ccc(C)cc1NS(=O)(=O)c1cccc(C(=O)NCCC(C)C)c1. The van der Waals surface area contributed by atoms with E-state index in [1.54, 1.807) is 24.3 Å². The molecule has 0 saturated heterocycles. The summed E-state index contributed by atoms with van der Waals surface area (Å²) >= 11 is 0. The molecule has 2 rings (SSSR count). The van der Waals surface area contributed by atoms with Gasteiger partial charge < -0.3 is 10.1 Å². The molecular formula is C20H26N2O4S. The van der Waals surface area contributed by atoms with Crippen LogP contribution < -0.4 is 14.8 Å². The van der Waals surface area contributed by atoms with Crippen molar-refractivity contribution in [1.29, 1.82) is 0 Å². The molecule has 0 fully saturated rings. The summed E-state index contributed by atoms with van der Waals surface area (Å²) in [5.41, 5.74) is 1.55.